The van der Waals surface area contributed by atoms with Crippen LogP contribution in [-0.4, -0.2) is 103 Å². The summed E-state index contributed by atoms with van der Waals surface area (Å²) in [4.78, 5) is 25.5. The van der Waals surface area contributed by atoms with Gasteiger partial charge in [-0.3, -0.25) is 10.2 Å². The molecule has 3 rings (SSSR count). The maximum atomic E-state index is 12.8. The van der Waals surface area contributed by atoms with Crippen LogP contribution < -0.4 is 25.7 Å². The molecule has 0 saturated carbocycles. The van der Waals surface area contributed by atoms with E-state index in [4.69, 9.17) is 76.1 Å². The first-order valence-corrected chi connectivity index (χ1v) is 15.7. The molecular weight excluding hydrogens is 509 g/mol. The van der Waals surface area contributed by atoms with Crippen LogP contribution in [0.15, 0.2) is 0 Å². The van der Waals surface area contributed by atoms with Crippen molar-refractivity contribution in [2.45, 2.75) is 73.7 Å². The van der Waals surface area contributed by atoms with Gasteiger partial charge in [-0.25, -0.2) is 0 Å². The zero-order valence-corrected chi connectivity index (χ0v) is 21.2. The number of aliphatic hydroxyl groups is 1. The summed E-state index contributed by atoms with van der Waals surface area (Å²) in [5, 5.41) is 14.8. The molecule has 3 heterocycles. The number of hydrogen-bond donors (Lipinski definition) is 4. The number of hydrogen-bond acceptors (Lipinski definition) is 11. The number of aliphatic hydroxyl groups excluding tert-OH is 1. The van der Waals surface area contributed by atoms with E-state index in [2.05, 4.69) is 10.2 Å². The van der Waals surface area contributed by atoms with Gasteiger partial charge in [-0.2, -0.15) is 0 Å². The van der Waals surface area contributed by atoms with Gasteiger partial charge in [-0.05, 0) is 19.3 Å². The molecular formula is C15H26B3N3O8P2S2-2. The highest BCUT2D eigenvalue weighted by Gasteiger charge is 2.37. The van der Waals surface area contributed by atoms with Gasteiger partial charge in [0.15, 0.2) is 0 Å². The lowest BCUT2D eigenvalue weighted by Gasteiger charge is -2.36. The summed E-state index contributed by atoms with van der Waals surface area (Å²) in [6, 6.07) is -3.29. The van der Waals surface area contributed by atoms with Crippen LogP contribution >= 0.6 is 13.3 Å². The van der Waals surface area contributed by atoms with Gasteiger partial charge in [-0.1, -0.05) is 23.6 Å². The van der Waals surface area contributed by atoms with E-state index in [1.165, 1.54) is 0 Å². The van der Waals surface area contributed by atoms with Crippen molar-refractivity contribution >= 4 is 60.4 Å². The fraction of sp³-hybridized carbons (Fsp3) is 1.00. The Morgan fingerprint density at radius 1 is 0.848 bits per heavy atom. The first-order valence-electron chi connectivity index (χ1n) is 10.4. The zero-order valence-electron chi connectivity index (χ0n) is 17.8. The second-order valence-corrected chi connectivity index (χ2v) is 14.2. The summed E-state index contributed by atoms with van der Waals surface area (Å²) >= 11 is 10.1. The molecule has 3 saturated heterocycles. The van der Waals surface area contributed by atoms with Crippen LogP contribution in [0.4, 0.5) is 0 Å². The topological polar surface area (TPSA) is 163 Å². The third-order valence-electron chi connectivity index (χ3n) is 5.55. The molecule has 5 N–H and O–H groups in total. The molecule has 0 amide bonds. The number of rotatable bonds is 11. The Labute approximate surface area is 207 Å². The van der Waals surface area contributed by atoms with Crippen LogP contribution in [0.5, 0.6) is 0 Å². The number of ether oxygens (including phenoxy) is 3. The lowest BCUT2D eigenvalue weighted by atomic mass is 9.95. The summed E-state index contributed by atoms with van der Waals surface area (Å²) in [6.07, 6.45) is -0.893. The Kier molecular flexibility index (Phi) is 10.5. The zero-order chi connectivity index (χ0) is 24.4. The molecule has 0 aromatic heterocycles. The molecule has 0 spiro atoms. The third-order valence-corrected chi connectivity index (χ3v) is 9.08. The minimum Gasteiger partial charge on any atom is -0.789 e. The van der Waals surface area contributed by atoms with Gasteiger partial charge >= 0.3 is 0 Å². The van der Waals surface area contributed by atoms with E-state index in [1.807, 2.05) is 0 Å². The molecule has 182 valence electrons. The van der Waals surface area contributed by atoms with Crippen molar-refractivity contribution in [3.63, 3.8) is 0 Å². The van der Waals surface area contributed by atoms with Gasteiger partial charge in [0.2, 0.25) is 0 Å². The quantitative estimate of drug-likeness (QED) is 0.151. The van der Waals surface area contributed by atoms with E-state index < -0.39 is 61.7 Å². The smallest absolute Gasteiger partial charge is 0.109 e. The largest absolute Gasteiger partial charge is 0.789 e. The minimum absolute atomic E-state index is 0.0909. The van der Waals surface area contributed by atoms with Crippen molar-refractivity contribution in [2.75, 3.05) is 19.8 Å². The monoisotopic (exact) mass is 535 g/mol. The van der Waals surface area contributed by atoms with Crippen molar-refractivity contribution < 1.29 is 38.2 Å². The standard InChI is InChI=1S/C15H28B3N3O8P2S2/c16-13-1-7(19)11(28-13)5-25-31(24,33)21-9-3-15(18)29-12(9)6-26-30(23,32)20-8-2-14(17)27-10(8)4-22/h7-15,22H,1-6,19H2,(H2,20,23,32)(H2,21,24,33)/p-2. The first kappa shape index (κ1) is 28.6. The van der Waals surface area contributed by atoms with Gasteiger partial charge in [0, 0.05) is 36.1 Å². The maximum Gasteiger partial charge on any atom is 0.109 e. The van der Waals surface area contributed by atoms with Crippen molar-refractivity contribution in [1.82, 2.24) is 10.2 Å². The molecule has 11 unspecified atom stereocenters. The predicted octanol–water partition coefficient (Wildman–Crippen LogP) is -3.72. The highest BCUT2D eigenvalue weighted by Crippen LogP contribution is 2.40. The fourth-order valence-corrected chi connectivity index (χ4v) is 7.31. The molecule has 33 heavy (non-hydrogen) atoms. The summed E-state index contributed by atoms with van der Waals surface area (Å²) in [7, 11) is 17.3. The highest BCUT2D eigenvalue weighted by atomic mass is 32.5. The van der Waals surface area contributed by atoms with Gasteiger partial charge < -0.3 is 43.9 Å². The molecule has 3 aliphatic heterocycles. The molecule has 0 bridgehead atoms. The Bertz CT molecular complexity index is 767. The lowest BCUT2D eigenvalue weighted by Crippen LogP contribution is -2.42. The number of nitrogens with two attached hydrogens (primary N) is 1. The second-order valence-electron chi connectivity index (χ2n) is 8.25. The molecule has 3 aliphatic rings. The Balaban J connectivity index is 1.50. The maximum absolute atomic E-state index is 12.8. The van der Waals surface area contributed by atoms with Crippen molar-refractivity contribution in [2.24, 2.45) is 5.73 Å². The van der Waals surface area contributed by atoms with Crippen LogP contribution in [0, 0.1) is 0 Å². The summed E-state index contributed by atoms with van der Waals surface area (Å²) < 4.78 is 27.1. The van der Waals surface area contributed by atoms with E-state index in [9.17, 15) is 14.9 Å². The average Bonchev–Trinajstić information content (AvgIpc) is 3.33. The van der Waals surface area contributed by atoms with Gasteiger partial charge in [-0.15, -0.1) is 0 Å². The average molecular weight is 535 g/mol. The molecule has 11 nitrogen and oxygen atoms in total. The van der Waals surface area contributed by atoms with Crippen molar-refractivity contribution in [3.05, 3.63) is 0 Å². The van der Waals surface area contributed by atoms with Gasteiger partial charge in [0.25, 0.3) is 0 Å². The van der Waals surface area contributed by atoms with Crippen LogP contribution in [-0.2, 0) is 46.9 Å². The van der Waals surface area contributed by atoms with Crippen LogP contribution in [0.1, 0.15) is 19.3 Å². The third kappa shape index (κ3) is 8.55. The Morgan fingerprint density at radius 3 is 1.76 bits per heavy atom. The van der Waals surface area contributed by atoms with E-state index in [0.717, 1.165) is 0 Å². The minimum atomic E-state index is -3.74. The normalized spacial score (nSPS) is 42.8. The molecule has 0 aromatic carbocycles. The van der Waals surface area contributed by atoms with E-state index in [-0.39, 0.29) is 32.3 Å². The summed E-state index contributed by atoms with van der Waals surface area (Å²) in [5.74, 6) is 0. The Morgan fingerprint density at radius 2 is 1.27 bits per heavy atom. The predicted molar refractivity (Wildman–Crippen MR) is 126 cm³/mol. The van der Waals surface area contributed by atoms with Gasteiger partial charge in [0.1, 0.15) is 23.5 Å². The lowest BCUT2D eigenvalue weighted by molar-refractivity contribution is -0.190. The number of nitrogens with one attached hydrogen (secondary N) is 2. The highest BCUT2D eigenvalue weighted by molar-refractivity contribution is 8.08. The van der Waals surface area contributed by atoms with E-state index in [1.54, 1.807) is 0 Å². The van der Waals surface area contributed by atoms with Gasteiger partial charge in [0.05, 0.1) is 51.4 Å². The molecule has 11 atom stereocenters. The molecule has 18 heteroatoms. The van der Waals surface area contributed by atoms with Crippen LogP contribution in [0.2, 0.25) is 0 Å². The molecule has 6 radical (unpaired) electrons. The molecule has 3 fully saturated rings. The Hall–Kier alpha value is 1.05. The van der Waals surface area contributed by atoms with Crippen LogP contribution in [0.3, 0.4) is 0 Å². The van der Waals surface area contributed by atoms with E-state index in [0.29, 0.717) is 12.8 Å². The SMILES string of the molecule is [B]C1CC(N)C(COP([O-])(=S)NC2CC([B])OC2COP([O-])(=S)NC2CC([B])OC2CO)O1. The van der Waals surface area contributed by atoms with Crippen LogP contribution in [0.25, 0.3) is 0 Å². The molecule has 0 aromatic rings. The van der Waals surface area contributed by atoms with Crippen molar-refractivity contribution in [3.8, 4) is 0 Å². The first-order chi connectivity index (χ1) is 15.4. The summed E-state index contributed by atoms with van der Waals surface area (Å²) in [6.45, 7) is -8.08. The fourth-order valence-electron chi connectivity index (χ4n) is 3.94. The molecule has 0 aliphatic carbocycles. The summed E-state index contributed by atoms with van der Waals surface area (Å²) in [5.41, 5.74) is 5.91. The van der Waals surface area contributed by atoms with Crippen molar-refractivity contribution in [1.29, 1.82) is 0 Å². The van der Waals surface area contributed by atoms with E-state index >= 15 is 0 Å². The second kappa shape index (κ2) is 12.1.